The molecule has 0 bridgehead atoms. The van der Waals surface area contributed by atoms with E-state index in [4.69, 9.17) is 4.74 Å². The average Bonchev–Trinajstić information content (AvgIpc) is 2.77. The van der Waals surface area contributed by atoms with Crippen LogP contribution in [0.25, 0.3) is 0 Å². The van der Waals surface area contributed by atoms with Crippen LogP contribution in [0.1, 0.15) is 82.4 Å². The SMILES string of the molecule is CCN(CC)S(=O)(=O)c1cc(NC(=O)COC(=O)c2cc(C(C)(C)C)cc(C(C)(C)C)c2)ccc1C. The van der Waals surface area contributed by atoms with Crippen LogP contribution >= 0.6 is 0 Å². The summed E-state index contributed by atoms with van der Waals surface area (Å²) in [5.41, 5.74) is 2.98. The number of nitrogens with one attached hydrogen (secondary N) is 1. The van der Waals surface area contributed by atoms with E-state index in [-0.39, 0.29) is 15.7 Å². The van der Waals surface area contributed by atoms with Crippen molar-refractivity contribution in [3.63, 3.8) is 0 Å². The van der Waals surface area contributed by atoms with Crippen LogP contribution in [0.2, 0.25) is 0 Å². The number of rotatable bonds is 8. The van der Waals surface area contributed by atoms with Gasteiger partial charge in [-0.05, 0) is 58.7 Å². The quantitative estimate of drug-likeness (QED) is 0.473. The minimum absolute atomic E-state index is 0.134. The van der Waals surface area contributed by atoms with Gasteiger partial charge in [-0.25, -0.2) is 13.2 Å². The van der Waals surface area contributed by atoms with Crippen molar-refractivity contribution in [2.45, 2.75) is 78.0 Å². The largest absolute Gasteiger partial charge is 0.452 e. The molecule has 0 aliphatic heterocycles. The highest BCUT2D eigenvalue weighted by Gasteiger charge is 2.25. The van der Waals surface area contributed by atoms with E-state index in [0.29, 0.717) is 29.9 Å². The van der Waals surface area contributed by atoms with Crippen molar-refractivity contribution < 1.29 is 22.7 Å². The second kappa shape index (κ2) is 11.1. The molecule has 2 aromatic rings. The Bertz CT molecular complexity index is 1190. The van der Waals surface area contributed by atoms with Crippen molar-refractivity contribution in [1.82, 2.24) is 4.31 Å². The number of carbonyl (C=O) groups is 2. The Labute approximate surface area is 216 Å². The lowest BCUT2D eigenvalue weighted by Crippen LogP contribution is -2.31. The van der Waals surface area contributed by atoms with Crippen LogP contribution in [-0.2, 0) is 30.4 Å². The Kier molecular flexibility index (Phi) is 9.13. The third kappa shape index (κ3) is 7.17. The first-order valence-electron chi connectivity index (χ1n) is 12.2. The van der Waals surface area contributed by atoms with E-state index in [1.165, 1.54) is 10.4 Å². The summed E-state index contributed by atoms with van der Waals surface area (Å²) in [5, 5.41) is 2.64. The summed E-state index contributed by atoms with van der Waals surface area (Å²) in [7, 11) is -3.69. The van der Waals surface area contributed by atoms with E-state index in [0.717, 1.165) is 11.1 Å². The van der Waals surface area contributed by atoms with E-state index in [9.17, 15) is 18.0 Å². The highest BCUT2D eigenvalue weighted by Crippen LogP contribution is 2.30. The Hall–Kier alpha value is -2.71. The third-order valence-electron chi connectivity index (χ3n) is 6.03. The maximum atomic E-state index is 13.0. The maximum absolute atomic E-state index is 13.0. The van der Waals surface area contributed by atoms with Crippen molar-refractivity contribution in [2.75, 3.05) is 25.0 Å². The van der Waals surface area contributed by atoms with Gasteiger partial charge < -0.3 is 10.1 Å². The van der Waals surface area contributed by atoms with Crippen LogP contribution in [0.15, 0.2) is 41.3 Å². The first kappa shape index (κ1) is 29.5. The van der Waals surface area contributed by atoms with Gasteiger partial charge in [-0.2, -0.15) is 4.31 Å². The monoisotopic (exact) mass is 516 g/mol. The topological polar surface area (TPSA) is 92.8 Å². The zero-order chi connectivity index (χ0) is 27.5. The summed E-state index contributed by atoms with van der Waals surface area (Å²) < 4.78 is 32.6. The molecule has 36 heavy (non-hydrogen) atoms. The molecule has 0 radical (unpaired) electrons. The van der Waals surface area contributed by atoms with Gasteiger partial charge in [0.15, 0.2) is 6.61 Å². The van der Waals surface area contributed by atoms with E-state index >= 15 is 0 Å². The van der Waals surface area contributed by atoms with Crippen LogP contribution in [0.3, 0.4) is 0 Å². The molecular formula is C28H40N2O5S. The fourth-order valence-electron chi connectivity index (χ4n) is 3.68. The zero-order valence-corrected chi connectivity index (χ0v) is 23.8. The maximum Gasteiger partial charge on any atom is 0.338 e. The molecule has 0 spiro atoms. The molecule has 8 heteroatoms. The summed E-state index contributed by atoms with van der Waals surface area (Å²) in [6, 6.07) is 10.4. The van der Waals surface area contributed by atoms with Crippen LogP contribution in [0.4, 0.5) is 5.69 Å². The highest BCUT2D eigenvalue weighted by molar-refractivity contribution is 7.89. The Morgan fingerprint density at radius 3 is 1.89 bits per heavy atom. The van der Waals surface area contributed by atoms with E-state index in [1.807, 2.05) is 0 Å². The lowest BCUT2D eigenvalue weighted by molar-refractivity contribution is -0.119. The lowest BCUT2D eigenvalue weighted by Gasteiger charge is -2.25. The second-order valence-electron chi connectivity index (χ2n) is 11.0. The number of aryl methyl sites for hydroxylation is 1. The van der Waals surface area contributed by atoms with E-state index in [2.05, 4.69) is 52.9 Å². The number of nitrogens with zero attached hydrogens (tertiary/aromatic N) is 1. The molecule has 0 saturated heterocycles. The van der Waals surface area contributed by atoms with Crippen molar-refractivity contribution in [3.8, 4) is 0 Å². The first-order valence-corrected chi connectivity index (χ1v) is 13.7. The molecule has 2 rings (SSSR count). The van der Waals surface area contributed by atoms with Crippen molar-refractivity contribution in [2.24, 2.45) is 0 Å². The molecule has 0 fully saturated rings. The van der Waals surface area contributed by atoms with Crippen LogP contribution in [-0.4, -0.2) is 44.3 Å². The summed E-state index contributed by atoms with van der Waals surface area (Å²) >= 11 is 0. The Balaban J connectivity index is 2.19. The molecule has 0 aromatic heterocycles. The molecule has 1 N–H and O–H groups in total. The van der Waals surface area contributed by atoms with Gasteiger partial charge in [0, 0.05) is 18.8 Å². The fourth-order valence-corrected chi connectivity index (χ4v) is 5.39. The lowest BCUT2D eigenvalue weighted by atomic mass is 9.79. The number of amides is 1. The summed E-state index contributed by atoms with van der Waals surface area (Å²) in [4.78, 5) is 25.5. The van der Waals surface area contributed by atoms with Crippen LogP contribution in [0, 0.1) is 6.92 Å². The first-order chi connectivity index (χ1) is 16.5. The molecule has 7 nitrogen and oxygen atoms in total. The van der Waals surface area contributed by atoms with Crippen molar-refractivity contribution in [3.05, 3.63) is 58.7 Å². The molecule has 0 saturated carbocycles. The number of carbonyl (C=O) groups excluding carboxylic acids is 2. The van der Waals surface area contributed by atoms with Gasteiger partial charge in [-0.1, -0.05) is 67.5 Å². The Morgan fingerprint density at radius 1 is 0.889 bits per heavy atom. The molecule has 0 aliphatic carbocycles. The molecule has 0 heterocycles. The summed E-state index contributed by atoms with van der Waals surface area (Å²) in [6.07, 6.45) is 0. The number of ether oxygens (including phenoxy) is 1. The molecule has 1 amide bonds. The van der Waals surface area contributed by atoms with Gasteiger partial charge in [0.1, 0.15) is 0 Å². The predicted molar refractivity (Wildman–Crippen MR) is 144 cm³/mol. The number of anilines is 1. The second-order valence-corrected chi connectivity index (χ2v) is 12.9. The molecule has 0 unspecified atom stereocenters. The molecule has 0 aliphatic rings. The standard InChI is InChI=1S/C28H40N2O5S/c1-10-30(11-2)36(33,34)24-17-23(13-12-19(24)3)29-25(31)18-35-26(32)20-14-21(27(4,5)6)16-22(15-20)28(7,8)9/h12-17H,10-11,18H2,1-9H3,(H,29,31). The summed E-state index contributed by atoms with van der Waals surface area (Å²) in [6.45, 7) is 17.9. The van der Waals surface area contributed by atoms with Gasteiger partial charge in [0.2, 0.25) is 10.0 Å². The number of esters is 1. The predicted octanol–water partition coefficient (Wildman–Crippen LogP) is 5.42. The molecular weight excluding hydrogens is 476 g/mol. The van der Waals surface area contributed by atoms with Gasteiger partial charge in [0.25, 0.3) is 5.91 Å². The van der Waals surface area contributed by atoms with Gasteiger partial charge >= 0.3 is 5.97 Å². The third-order valence-corrected chi connectivity index (χ3v) is 8.22. The van der Waals surface area contributed by atoms with Gasteiger partial charge in [-0.15, -0.1) is 0 Å². The Morgan fingerprint density at radius 2 is 1.42 bits per heavy atom. The number of hydrogen-bond acceptors (Lipinski definition) is 5. The van der Waals surface area contributed by atoms with E-state index in [1.54, 1.807) is 45.0 Å². The highest BCUT2D eigenvalue weighted by atomic mass is 32.2. The van der Waals surface area contributed by atoms with Crippen molar-refractivity contribution in [1.29, 1.82) is 0 Å². The smallest absolute Gasteiger partial charge is 0.338 e. The number of hydrogen-bond donors (Lipinski definition) is 1. The minimum Gasteiger partial charge on any atom is -0.452 e. The number of sulfonamides is 1. The molecule has 198 valence electrons. The summed E-state index contributed by atoms with van der Waals surface area (Å²) in [5.74, 6) is -1.14. The van der Waals surface area contributed by atoms with Crippen molar-refractivity contribution >= 4 is 27.6 Å². The molecule has 0 atom stereocenters. The van der Waals surface area contributed by atoms with Crippen LogP contribution < -0.4 is 5.32 Å². The van der Waals surface area contributed by atoms with Gasteiger partial charge in [0.05, 0.1) is 10.5 Å². The van der Waals surface area contributed by atoms with Crippen LogP contribution in [0.5, 0.6) is 0 Å². The fraction of sp³-hybridized carbons (Fsp3) is 0.500. The number of benzene rings is 2. The average molecular weight is 517 g/mol. The minimum atomic E-state index is -3.69. The zero-order valence-electron chi connectivity index (χ0n) is 23.0. The molecule has 2 aromatic carbocycles. The van der Waals surface area contributed by atoms with E-state index < -0.39 is 28.5 Å². The van der Waals surface area contributed by atoms with Gasteiger partial charge in [-0.3, -0.25) is 4.79 Å². The normalized spacial score (nSPS) is 12.5.